The van der Waals surface area contributed by atoms with Crippen LogP contribution >= 0.6 is 11.3 Å². The Morgan fingerprint density at radius 3 is 2.21 bits per heavy atom. The van der Waals surface area contributed by atoms with Gasteiger partial charge in [0.1, 0.15) is 33.9 Å². The van der Waals surface area contributed by atoms with E-state index in [1.807, 2.05) is 6.07 Å². The van der Waals surface area contributed by atoms with Crippen LogP contribution in [0.3, 0.4) is 0 Å². The standard InChI is InChI=1S/C19H20N2O7S/c1-5-27-19(23)16-12(11(8-20)17(21)29-16)9-28-18(22)10-6-14(25-3)15(26-4)7-13(10)24-2/h6-7H,5,9,21H2,1-4H3. The Morgan fingerprint density at radius 1 is 1.03 bits per heavy atom. The first kappa shape index (κ1) is 21.8. The molecule has 0 aliphatic carbocycles. The molecule has 0 aliphatic heterocycles. The van der Waals surface area contributed by atoms with Crippen LogP contribution in [-0.4, -0.2) is 39.9 Å². The maximum absolute atomic E-state index is 12.7. The van der Waals surface area contributed by atoms with Crippen molar-refractivity contribution in [2.75, 3.05) is 33.7 Å². The predicted molar refractivity (Wildman–Crippen MR) is 105 cm³/mol. The first-order chi connectivity index (χ1) is 13.9. The molecule has 0 radical (unpaired) electrons. The van der Waals surface area contributed by atoms with Crippen LogP contribution in [0, 0.1) is 11.3 Å². The van der Waals surface area contributed by atoms with Crippen LogP contribution in [0.15, 0.2) is 12.1 Å². The Bertz CT molecular complexity index is 962. The Morgan fingerprint density at radius 2 is 1.66 bits per heavy atom. The van der Waals surface area contributed by atoms with Crippen molar-refractivity contribution in [3.8, 4) is 23.3 Å². The summed E-state index contributed by atoms with van der Waals surface area (Å²) in [6.07, 6.45) is 0. The lowest BCUT2D eigenvalue weighted by molar-refractivity contribution is 0.0449. The van der Waals surface area contributed by atoms with Gasteiger partial charge in [-0.3, -0.25) is 0 Å². The second-order valence-electron chi connectivity index (χ2n) is 5.46. The summed E-state index contributed by atoms with van der Waals surface area (Å²) in [5.74, 6) is -0.483. The van der Waals surface area contributed by atoms with Gasteiger partial charge in [0, 0.05) is 17.7 Å². The summed E-state index contributed by atoms with van der Waals surface area (Å²) in [4.78, 5) is 24.9. The van der Waals surface area contributed by atoms with Gasteiger partial charge < -0.3 is 29.4 Å². The number of hydrogen-bond acceptors (Lipinski definition) is 10. The number of benzene rings is 1. The molecular formula is C19H20N2O7S. The number of nitriles is 1. The third kappa shape index (κ3) is 4.52. The Kier molecular flexibility index (Phi) is 7.27. The number of methoxy groups -OCH3 is 3. The molecule has 1 aromatic carbocycles. The van der Waals surface area contributed by atoms with Crippen LogP contribution in [0.1, 0.15) is 38.1 Å². The van der Waals surface area contributed by atoms with Gasteiger partial charge >= 0.3 is 11.9 Å². The third-order valence-corrected chi connectivity index (χ3v) is 4.92. The van der Waals surface area contributed by atoms with Crippen LogP contribution in [0.4, 0.5) is 5.00 Å². The fourth-order valence-electron chi connectivity index (χ4n) is 2.51. The van der Waals surface area contributed by atoms with E-state index in [2.05, 4.69) is 0 Å². The largest absolute Gasteiger partial charge is 0.496 e. The number of hydrogen-bond donors (Lipinski definition) is 1. The van der Waals surface area contributed by atoms with Gasteiger partial charge in [-0.05, 0) is 6.92 Å². The number of nitrogen functional groups attached to an aromatic ring is 1. The average Bonchev–Trinajstić information content (AvgIpc) is 3.06. The molecule has 1 aromatic heterocycles. The molecular weight excluding hydrogens is 400 g/mol. The van der Waals surface area contributed by atoms with Gasteiger partial charge in [-0.25, -0.2) is 9.59 Å². The first-order valence-electron chi connectivity index (χ1n) is 8.37. The van der Waals surface area contributed by atoms with E-state index in [4.69, 9.17) is 29.4 Å². The summed E-state index contributed by atoms with van der Waals surface area (Å²) in [5.41, 5.74) is 6.17. The molecule has 0 saturated heterocycles. The van der Waals surface area contributed by atoms with Gasteiger partial charge in [0.25, 0.3) is 0 Å². The minimum absolute atomic E-state index is 0.0742. The molecule has 0 aliphatic rings. The van der Waals surface area contributed by atoms with E-state index in [1.54, 1.807) is 6.92 Å². The topological polar surface area (TPSA) is 130 Å². The van der Waals surface area contributed by atoms with Crippen molar-refractivity contribution in [3.05, 3.63) is 33.7 Å². The molecule has 9 nitrogen and oxygen atoms in total. The van der Waals surface area contributed by atoms with E-state index >= 15 is 0 Å². The molecule has 29 heavy (non-hydrogen) atoms. The summed E-state index contributed by atoms with van der Waals surface area (Å²) >= 11 is 0.908. The molecule has 0 bridgehead atoms. The molecule has 0 amide bonds. The second kappa shape index (κ2) is 9.66. The number of carbonyl (C=O) groups is 2. The number of carbonyl (C=O) groups excluding carboxylic acids is 2. The van der Waals surface area contributed by atoms with E-state index in [0.717, 1.165) is 11.3 Å². The number of esters is 2. The van der Waals surface area contributed by atoms with Crippen LogP contribution in [0.2, 0.25) is 0 Å². The fourth-order valence-corrected chi connectivity index (χ4v) is 3.43. The Hall–Kier alpha value is -3.45. The van der Waals surface area contributed by atoms with Gasteiger partial charge in [-0.2, -0.15) is 5.26 Å². The maximum atomic E-state index is 12.7. The molecule has 154 valence electrons. The van der Waals surface area contributed by atoms with Gasteiger partial charge in [-0.1, -0.05) is 0 Å². The van der Waals surface area contributed by atoms with Gasteiger partial charge in [0.05, 0.1) is 33.5 Å². The fraction of sp³-hybridized carbons (Fsp3) is 0.316. The van der Waals surface area contributed by atoms with Gasteiger partial charge in [0.15, 0.2) is 11.5 Å². The maximum Gasteiger partial charge on any atom is 0.348 e. The molecule has 2 N–H and O–H groups in total. The number of rotatable bonds is 8. The summed E-state index contributed by atoms with van der Waals surface area (Å²) < 4.78 is 25.9. The first-order valence-corrected chi connectivity index (χ1v) is 9.18. The lowest BCUT2D eigenvalue weighted by atomic mass is 10.1. The summed E-state index contributed by atoms with van der Waals surface area (Å²) in [6.45, 7) is 1.46. The van der Waals surface area contributed by atoms with E-state index in [9.17, 15) is 14.9 Å². The highest BCUT2D eigenvalue weighted by Gasteiger charge is 2.25. The monoisotopic (exact) mass is 420 g/mol. The third-order valence-electron chi connectivity index (χ3n) is 3.88. The van der Waals surface area contributed by atoms with E-state index in [1.165, 1.54) is 33.5 Å². The Balaban J connectivity index is 2.34. The molecule has 0 fully saturated rings. The number of anilines is 1. The molecule has 2 rings (SSSR count). The average molecular weight is 420 g/mol. The van der Waals surface area contributed by atoms with Crippen molar-refractivity contribution in [3.63, 3.8) is 0 Å². The lowest BCUT2D eigenvalue weighted by Gasteiger charge is -2.13. The Labute approximate surface area is 171 Å². The van der Waals surface area contributed by atoms with E-state index in [0.29, 0.717) is 11.5 Å². The zero-order valence-corrected chi connectivity index (χ0v) is 17.2. The van der Waals surface area contributed by atoms with Gasteiger partial charge in [-0.15, -0.1) is 11.3 Å². The number of nitrogens with two attached hydrogens (primary N) is 1. The van der Waals surface area contributed by atoms with Crippen molar-refractivity contribution >= 4 is 28.3 Å². The minimum atomic E-state index is -0.744. The molecule has 1 heterocycles. The highest BCUT2D eigenvalue weighted by atomic mass is 32.1. The predicted octanol–water partition coefficient (Wildman–Crippen LogP) is 2.76. The summed E-state index contributed by atoms with van der Waals surface area (Å²) in [7, 11) is 4.28. The quantitative estimate of drug-likeness (QED) is 0.640. The second-order valence-corrected chi connectivity index (χ2v) is 6.52. The lowest BCUT2D eigenvalue weighted by Crippen LogP contribution is -2.11. The SMILES string of the molecule is CCOC(=O)c1sc(N)c(C#N)c1COC(=O)c1cc(OC)c(OC)cc1OC. The smallest absolute Gasteiger partial charge is 0.348 e. The zero-order valence-electron chi connectivity index (χ0n) is 16.4. The van der Waals surface area contributed by atoms with Gasteiger partial charge in [0.2, 0.25) is 0 Å². The molecule has 0 atom stereocenters. The molecule has 10 heteroatoms. The van der Waals surface area contributed by atoms with Crippen LogP contribution in [0.5, 0.6) is 17.2 Å². The molecule has 0 spiro atoms. The number of nitrogens with zero attached hydrogens (tertiary/aromatic N) is 1. The zero-order chi connectivity index (χ0) is 21.6. The molecule has 2 aromatic rings. The van der Waals surface area contributed by atoms with Crippen LogP contribution in [0.25, 0.3) is 0 Å². The highest BCUT2D eigenvalue weighted by molar-refractivity contribution is 7.18. The molecule has 0 unspecified atom stereocenters. The number of thiophene rings is 1. The van der Waals surface area contributed by atoms with Crippen molar-refractivity contribution in [1.82, 2.24) is 0 Å². The molecule has 0 saturated carbocycles. The van der Waals surface area contributed by atoms with Crippen molar-refractivity contribution < 1.29 is 33.3 Å². The van der Waals surface area contributed by atoms with E-state index < -0.39 is 11.9 Å². The van der Waals surface area contributed by atoms with Crippen molar-refractivity contribution in [1.29, 1.82) is 5.26 Å². The minimum Gasteiger partial charge on any atom is -0.496 e. The van der Waals surface area contributed by atoms with Crippen LogP contribution in [-0.2, 0) is 16.1 Å². The van der Waals surface area contributed by atoms with E-state index in [-0.39, 0.29) is 45.5 Å². The van der Waals surface area contributed by atoms with Crippen LogP contribution < -0.4 is 19.9 Å². The number of ether oxygens (including phenoxy) is 5. The van der Waals surface area contributed by atoms with Crippen molar-refractivity contribution in [2.45, 2.75) is 13.5 Å². The summed E-state index contributed by atoms with van der Waals surface area (Å²) in [6, 6.07) is 4.83. The van der Waals surface area contributed by atoms with Crippen molar-refractivity contribution in [2.24, 2.45) is 0 Å². The normalized spacial score (nSPS) is 10.0. The highest BCUT2D eigenvalue weighted by Crippen LogP contribution is 2.36. The summed E-state index contributed by atoms with van der Waals surface area (Å²) in [5, 5.41) is 9.49.